The van der Waals surface area contributed by atoms with Crippen LogP contribution in [-0.4, -0.2) is 38.6 Å². The highest BCUT2D eigenvalue weighted by Gasteiger charge is 2.08. The minimum atomic E-state index is -4.16. The van der Waals surface area contributed by atoms with Crippen LogP contribution in [-0.2, 0) is 30.3 Å². The van der Waals surface area contributed by atoms with Gasteiger partial charge in [0.15, 0.2) is 4.90 Å². The van der Waals surface area contributed by atoms with Gasteiger partial charge in [0.05, 0.1) is 7.11 Å². The lowest BCUT2D eigenvalue weighted by Gasteiger charge is -2.01. The van der Waals surface area contributed by atoms with E-state index >= 15 is 0 Å². The second-order valence-electron chi connectivity index (χ2n) is 3.51. The van der Waals surface area contributed by atoms with Gasteiger partial charge in [0.2, 0.25) is 0 Å². The van der Waals surface area contributed by atoms with Crippen LogP contribution in [0.2, 0.25) is 0 Å². The van der Waals surface area contributed by atoms with Crippen molar-refractivity contribution < 1.29 is 26.7 Å². The van der Waals surface area contributed by atoms with E-state index in [1.807, 2.05) is 12.1 Å². The third-order valence-corrected chi connectivity index (χ3v) is 3.53. The highest BCUT2D eigenvalue weighted by molar-refractivity contribution is 7.95. The molecule has 1 rings (SSSR count). The summed E-state index contributed by atoms with van der Waals surface area (Å²) >= 11 is 0. The second-order valence-corrected chi connectivity index (χ2v) is 6.80. The molecule has 20 heavy (non-hydrogen) atoms. The summed E-state index contributed by atoms with van der Waals surface area (Å²) in [5.74, 6) is 0.133. The predicted molar refractivity (Wildman–Crippen MR) is 78.3 cm³/mol. The number of hydrogen-bond acceptors (Lipinski definition) is 5. The second kappa shape index (κ2) is 8.75. The van der Waals surface area contributed by atoms with E-state index in [0.29, 0.717) is 5.75 Å². The normalized spacial score (nSPS) is 10.4. The molecule has 6 nitrogen and oxygen atoms in total. The Morgan fingerprint density at radius 1 is 1.30 bits per heavy atom. The molecule has 1 aromatic carbocycles. The lowest BCUT2D eigenvalue weighted by Crippen LogP contribution is -2.03. The number of ether oxygens (including phenoxy) is 1. The van der Waals surface area contributed by atoms with Gasteiger partial charge in [-0.15, -0.1) is 0 Å². The quantitative estimate of drug-likeness (QED) is 0.297. The summed E-state index contributed by atoms with van der Waals surface area (Å²) in [7, 11) is -3.05. The van der Waals surface area contributed by atoms with Crippen molar-refractivity contribution in [3.8, 4) is 5.75 Å². The minimum Gasteiger partial charge on any atom is -0.423 e. The van der Waals surface area contributed by atoms with Crippen molar-refractivity contribution in [3.05, 3.63) is 36.9 Å². The van der Waals surface area contributed by atoms with E-state index in [9.17, 15) is 13.2 Å². The average Bonchev–Trinajstić information content (AvgIpc) is 2.39. The third-order valence-electron chi connectivity index (χ3n) is 1.89. The molecule has 0 heterocycles. The molecule has 0 saturated carbocycles. The molecule has 0 radical (unpaired) electrons. The fraction of sp³-hybridized carbons (Fsp3) is 0.250. The molecule has 0 amide bonds. The average molecular weight is 321 g/mol. The maximum atomic E-state index is 10.9. The van der Waals surface area contributed by atoms with Crippen LogP contribution in [0.3, 0.4) is 0 Å². The zero-order valence-electron chi connectivity index (χ0n) is 11.4. The van der Waals surface area contributed by atoms with Gasteiger partial charge in [0.25, 0.3) is 0 Å². The summed E-state index contributed by atoms with van der Waals surface area (Å²) in [4.78, 5) is 12.1. The molecular formula is C12H17O6S2+. The zero-order valence-corrected chi connectivity index (χ0v) is 13.0. The molecule has 0 aromatic heterocycles. The van der Waals surface area contributed by atoms with Crippen LogP contribution in [0.4, 0.5) is 0 Å². The fourth-order valence-corrected chi connectivity index (χ4v) is 1.62. The van der Waals surface area contributed by atoms with Crippen LogP contribution >= 0.6 is 0 Å². The first-order valence-electron chi connectivity index (χ1n) is 5.24. The van der Waals surface area contributed by atoms with E-state index < -0.39 is 16.4 Å². The molecule has 0 aliphatic heterocycles. The number of esters is 1. The molecule has 0 atom stereocenters. The maximum Gasteiger partial charge on any atom is 0.397 e. The summed E-state index contributed by atoms with van der Waals surface area (Å²) < 4.78 is 34.7. The van der Waals surface area contributed by atoms with E-state index in [1.54, 1.807) is 12.1 Å². The molecule has 0 aliphatic carbocycles. The number of rotatable bonds is 4. The predicted octanol–water partition coefficient (Wildman–Crippen LogP) is 1.45. The van der Waals surface area contributed by atoms with Crippen molar-refractivity contribution in [3.63, 3.8) is 0 Å². The summed E-state index contributed by atoms with van der Waals surface area (Å²) in [6.07, 6.45) is 5.44. The fourth-order valence-electron chi connectivity index (χ4n) is 0.938. The summed E-state index contributed by atoms with van der Waals surface area (Å²) in [5, 5.41) is 0. The van der Waals surface area contributed by atoms with Gasteiger partial charge in [-0.25, -0.2) is 4.79 Å². The van der Waals surface area contributed by atoms with Crippen LogP contribution in [0.25, 0.3) is 0 Å². The van der Waals surface area contributed by atoms with Gasteiger partial charge in [-0.05, 0) is 24.3 Å². The van der Waals surface area contributed by atoms with E-state index in [4.69, 9.17) is 9.29 Å². The van der Waals surface area contributed by atoms with E-state index in [-0.39, 0.29) is 10.9 Å². The van der Waals surface area contributed by atoms with Crippen molar-refractivity contribution in [1.29, 1.82) is 0 Å². The Kier molecular flexibility index (Phi) is 8.16. The number of benzene rings is 1. The Bertz CT molecular complexity index is 534. The molecule has 0 saturated heterocycles. The molecule has 0 aliphatic rings. The number of carbonyl (C=O) groups is 1. The standard InChI is InChI=1S/C11H13O2S.CH4O4S/c1-4-11(12)13-9-5-7-10(8-6-9)14(2)3;1-5-6(2,3)4/h4-8H,1H2,2-3H3;1H3,(H,2,3,4)/q+1;. The van der Waals surface area contributed by atoms with Crippen LogP contribution in [0.5, 0.6) is 5.75 Å². The Hall–Kier alpha value is -1.35. The number of hydrogen-bond donors (Lipinski definition) is 1. The summed E-state index contributed by atoms with van der Waals surface area (Å²) in [6.45, 7) is 3.33. The molecule has 0 spiro atoms. The number of carbonyl (C=O) groups excluding carboxylic acids is 1. The molecule has 1 N–H and O–H groups in total. The molecule has 0 unspecified atom stereocenters. The Balaban J connectivity index is 0.000000511. The molecule has 0 bridgehead atoms. The zero-order chi connectivity index (χ0) is 15.8. The van der Waals surface area contributed by atoms with Gasteiger partial charge in [-0.3, -0.25) is 8.74 Å². The van der Waals surface area contributed by atoms with Crippen molar-refractivity contribution >= 4 is 27.3 Å². The van der Waals surface area contributed by atoms with Gasteiger partial charge in [0.1, 0.15) is 18.3 Å². The minimum absolute atomic E-state index is 0.238. The Labute approximate surface area is 121 Å². The van der Waals surface area contributed by atoms with Crippen molar-refractivity contribution in [2.24, 2.45) is 0 Å². The molecule has 8 heteroatoms. The molecule has 0 fully saturated rings. The van der Waals surface area contributed by atoms with Gasteiger partial charge < -0.3 is 4.74 Å². The lowest BCUT2D eigenvalue weighted by atomic mass is 10.3. The Morgan fingerprint density at radius 2 is 1.75 bits per heavy atom. The van der Waals surface area contributed by atoms with E-state index in [0.717, 1.165) is 13.2 Å². The monoisotopic (exact) mass is 321 g/mol. The topological polar surface area (TPSA) is 89.9 Å². The maximum absolute atomic E-state index is 10.9. The molecular weight excluding hydrogens is 304 g/mol. The first-order chi connectivity index (χ1) is 9.19. The van der Waals surface area contributed by atoms with Gasteiger partial charge in [0, 0.05) is 17.0 Å². The van der Waals surface area contributed by atoms with Crippen LogP contribution in [0.1, 0.15) is 0 Å². The SMILES string of the molecule is C=CC(=O)Oc1ccc([S+](C)C)cc1.COS(=O)(=O)O. The van der Waals surface area contributed by atoms with Gasteiger partial charge in [-0.1, -0.05) is 6.58 Å². The van der Waals surface area contributed by atoms with Gasteiger partial charge >= 0.3 is 16.4 Å². The summed E-state index contributed by atoms with van der Waals surface area (Å²) in [6, 6.07) is 7.52. The van der Waals surface area contributed by atoms with Crippen molar-refractivity contribution in [2.45, 2.75) is 4.90 Å². The third kappa shape index (κ3) is 8.70. The van der Waals surface area contributed by atoms with Crippen LogP contribution in [0, 0.1) is 0 Å². The highest BCUT2D eigenvalue weighted by atomic mass is 32.3. The van der Waals surface area contributed by atoms with E-state index in [1.165, 1.54) is 4.90 Å². The lowest BCUT2D eigenvalue weighted by molar-refractivity contribution is -0.128. The van der Waals surface area contributed by atoms with Crippen molar-refractivity contribution in [1.82, 2.24) is 0 Å². The highest BCUT2D eigenvalue weighted by Crippen LogP contribution is 2.15. The largest absolute Gasteiger partial charge is 0.423 e. The first-order valence-corrected chi connectivity index (χ1v) is 8.65. The molecule has 112 valence electrons. The Morgan fingerprint density at radius 3 is 2.05 bits per heavy atom. The summed E-state index contributed by atoms with van der Waals surface area (Å²) in [5.41, 5.74) is 0. The smallest absolute Gasteiger partial charge is 0.397 e. The van der Waals surface area contributed by atoms with Crippen LogP contribution < -0.4 is 4.74 Å². The van der Waals surface area contributed by atoms with Crippen molar-refractivity contribution in [2.75, 3.05) is 19.6 Å². The first kappa shape index (κ1) is 18.7. The van der Waals surface area contributed by atoms with Crippen LogP contribution in [0.15, 0.2) is 41.8 Å². The molecule has 1 aromatic rings. The van der Waals surface area contributed by atoms with E-state index in [2.05, 4.69) is 23.3 Å². The van der Waals surface area contributed by atoms with Gasteiger partial charge in [-0.2, -0.15) is 8.42 Å².